The number of hydrogen-bond donors (Lipinski definition) is 0. The van der Waals surface area contributed by atoms with E-state index in [1.165, 1.54) is 40.7 Å². The molecule has 0 bridgehead atoms. The van der Waals surface area contributed by atoms with Gasteiger partial charge in [-0.15, -0.1) is 0 Å². The lowest BCUT2D eigenvalue weighted by Crippen LogP contribution is -1.86. The van der Waals surface area contributed by atoms with Crippen LogP contribution < -0.4 is 0 Å². The Bertz CT molecular complexity index is 523. The first-order valence-electron chi connectivity index (χ1n) is 7.69. The maximum atomic E-state index is 2.26. The summed E-state index contributed by atoms with van der Waals surface area (Å²) in [5.74, 6) is 0. The van der Waals surface area contributed by atoms with Gasteiger partial charge in [0.15, 0.2) is 0 Å². The van der Waals surface area contributed by atoms with Gasteiger partial charge in [0, 0.05) is 0 Å². The highest BCUT2D eigenvalue weighted by atomic mass is 14.0. The lowest BCUT2D eigenvalue weighted by Gasteiger charge is -2.02. The maximum absolute atomic E-state index is 2.26. The van der Waals surface area contributed by atoms with Gasteiger partial charge in [0.1, 0.15) is 0 Å². The minimum absolute atomic E-state index is 1.15. The molecule has 0 nitrogen and oxygen atoms in total. The van der Waals surface area contributed by atoms with Crippen LogP contribution in [0.1, 0.15) is 48.1 Å². The molecule has 0 fully saturated rings. The third kappa shape index (κ3) is 5.21. The van der Waals surface area contributed by atoms with Crippen molar-refractivity contribution in [3.05, 3.63) is 70.3 Å². The van der Waals surface area contributed by atoms with Crippen LogP contribution in [-0.2, 0) is 12.8 Å². The summed E-state index contributed by atoms with van der Waals surface area (Å²) in [6, 6.07) is 15.2. The molecule has 0 heterocycles. The van der Waals surface area contributed by atoms with Crippen LogP contribution in [0.2, 0.25) is 0 Å². The molecular formula is C20H28. The quantitative estimate of drug-likeness (QED) is 0.658. The Morgan fingerprint density at radius 2 is 1.40 bits per heavy atom. The van der Waals surface area contributed by atoms with Gasteiger partial charge in [-0.1, -0.05) is 68.3 Å². The van der Waals surface area contributed by atoms with E-state index in [1.54, 1.807) is 0 Å². The van der Waals surface area contributed by atoms with E-state index < -0.39 is 0 Å². The van der Waals surface area contributed by atoms with Crippen molar-refractivity contribution in [2.45, 2.75) is 53.9 Å². The van der Waals surface area contributed by atoms with Crippen LogP contribution >= 0.6 is 0 Å². The summed E-state index contributed by atoms with van der Waals surface area (Å²) in [7, 11) is 0. The average molecular weight is 268 g/mol. The molecule has 0 aromatic heterocycles. The van der Waals surface area contributed by atoms with E-state index in [2.05, 4.69) is 77.1 Å². The zero-order valence-electron chi connectivity index (χ0n) is 13.7. The zero-order valence-corrected chi connectivity index (χ0v) is 13.7. The van der Waals surface area contributed by atoms with Crippen molar-refractivity contribution in [3.63, 3.8) is 0 Å². The topological polar surface area (TPSA) is 0 Å². The van der Waals surface area contributed by atoms with Crippen molar-refractivity contribution in [1.29, 1.82) is 0 Å². The predicted octanol–water partition coefficient (Wildman–Crippen LogP) is 5.81. The van der Waals surface area contributed by atoms with E-state index in [-0.39, 0.29) is 0 Å². The molecule has 0 saturated heterocycles. The second-order valence-electron chi connectivity index (χ2n) is 5.46. The van der Waals surface area contributed by atoms with Crippen LogP contribution in [0, 0.1) is 20.8 Å². The molecule has 0 amide bonds. The zero-order chi connectivity index (χ0) is 15.0. The highest BCUT2D eigenvalue weighted by Gasteiger charge is 1.93. The predicted molar refractivity (Wildman–Crippen MR) is 90.5 cm³/mol. The molecule has 0 aliphatic heterocycles. The number of rotatable bonds is 3. The van der Waals surface area contributed by atoms with Crippen LogP contribution in [0.5, 0.6) is 0 Å². The molecule has 0 N–H and O–H groups in total. The Morgan fingerprint density at radius 3 is 1.95 bits per heavy atom. The van der Waals surface area contributed by atoms with Crippen molar-refractivity contribution in [1.82, 2.24) is 0 Å². The van der Waals surface area contributed by atoms with E-state index >= 15 is 0 Å². The fraction of sp³-hybridized carbons (Fsp3) is 0.400. The van der Waals surface area contributed by atoms with Crippen molar-refractivity contribution in [3.8, 4) is 0 Å². The molecule has 0 atom stereocenters. The monoisotopic (exact) mass is 268 g/mol. The lowest BCUT2D eigenvalue weighted by molar-refractivity contribution is 0.913. The van der Waals surface area contributed by atoms with Crippen LogP contribution in [0.15, 0.2) is 42.5 Å². The summed E-state index contributed by atoms with van der Waals surface area (Å²) in [4.78, 5) is 0. The summed E-state index contributed by atoms with van der Waals surface area (Å²) in [6.45, 7) is 10.9. The Labute approximate surface area is 124 Å². The fourth-order valence-corrected chi connectivity index (χ4v) is 2.34. The van der Waals surface area contributed by atoms with Gasteiger partial charge in [-0.25, -0.2) is 0 Å². The van der Waals surface area contributed by atoms with Gasteiger partial charge in [0.25, 0.3) is 0 Å². The standard InChI is InChI=1S/2C10H14/c1-4-10-7-8(2)5-6-9(10)3;1-3-6-10-8-5-4-7-9(10)2/h5-7H,4H2,1-3H3;4-5,7-8H,3,6H2,1-2H3. The van der Waals surface area contributed by atoms with Crippen LogP contribution in [0.4, 0.5) is 0 Å². The Morgan fingerprint density at radius 1 is 0.750 bits per heavy atom. The fourth-order valence-electron chi connectivity index (χ4n) is 2.34. The number of aryl methyl sites for hydroxylation is 5. The molecule has 0 aliphatic rings. The molecule has 0 saturated carbocycles. The van der Waals surface area contributed by atoms with E-state index in [1.807, 2.05) is 0 Å². The third-order valence-electron chi connectivity index (χ3n) is 3.67. The molecule has 2 rings (SSSR count). The van der Waals surface area contributed by atoms with Crippen LogP contribution in [0.25, 0.3) is 0 Å². The molecule has 108 valence electrons. The minimum Gasteiger partial charge on any atom is -0.0651 e. The summed E-state index contributed by atoms with van der Waals surface area (Å²) in [6.07, 6.45) is 3.60. The van der Waals surface area contributed by atoms with E-state index in [0.29, 0.717) is 0 Å². The van der Waals surface area contributed by atoms with Crippen molar-refractivity contribution < 1.29 is 0 Å². The van der Waals surface area contributed by atoms with Gasteiger partial charge in [0.05, 0.1) is 0 Å². The summed E-state index contributed by atoms with van der Waals surface area (Å²) in [5, 5.41) is 0. The second-order valence-corrected chi connectivity index (χ2v) is 5.46. The molecule has 20 heavy (non-hydrogen) atoms. The normalized spacial score (nSPS) is 9.85. The van der Waals surface area contributed by atoms with Gasteiger partial charge in [0.2, 0.25) is 0 Å². The second kappa shape index (κ2) is 8.58. The first-order valence-corrected chi connectivity index (χ1v) is 7.69. The van der Waals surface area contributed by atoms with Crippen molar-refractivity contribution >= 4 is 0 Å². The van der Waals surface area contributed by atoms with Crippen molar-refractivity contribution in [2.24, 2.45) is 0 Å². The molecule has 2 aromatic rings. The summed E-state index contributed by atoms with van der Waals surface area (Å²) < 4.78 is 0. The van der Waals surface area contributed by atoms with E-state index in [0.717, 1.165) is 6.42 Å². The highest BCUT2D eigenvalue weighted by molar-refractivity contribution is 5.30. The third-order valence-corrected chi connectivity index (χ3v) is 3.67. The Hall–Kier alpha value is -1.56. The Balaban J connectivity index is 0.000000200. The van der Waals surface area contributed by atoms with Gasteiger partial charge in [-0.2, -0.15) is 0 Å². The molecular weight excluding hydrogens is 240 g/mol. The molecule has 0 radical (unpaired) electrons. The Kier molecular flexibility index (Phi) is 7.08. The van der Waals surface area contributed by atoms with Gasteiger partial charge in [-0.05, 0) is 55.9 Å². The molecule has 0 unspecified atom stereocenters. The van der Waals surface area contributed by atoms with E-state index in [9.17, 15) is 0 Å². The lowest BCUT2D eigenvalue weighted by atomic mass is 10.0. The van der Waals surface area contributed by atoms with Crippen LogP contribution in [-0.4, -0.2) is 0 Å². The smallest absolute Gasteiger partial charge is 0.0279 e. The van der Waals surface area contributed by atoms with Gasteiger partial charge >= 0.3 is 0 Å². The summed E-state index contributed by atoms with van der Waals surface area (Å²) in [5.41, 5.74) is 7.16. The summed E-state index contributed by atoms with van der Waals surface area (Å²) >= 11 is 0. The number of benzene rings is 2. The number of hydrogen-bond acceptors (Lipinski definition) is 0. The van der Waals surface area contributed by atoms with Gasteiger partial charge < -0.3 is 0 Å². The SMILES string of the molecule is CCCc1ccccc1C.CCc1cc(C)ccc1C. The minimum atomic E-state index is 1.15. The molecule has 0 spiro atoms. The molecule has 0 aliphatic carbocycles. The first kappa shape index (κ1) is 16.5. The molecule has 0 heteroatoms. The average Bonchev–Trinajstić information content (AvgIpc) is 2.45. The molecule has 2 aromatic carbocycles. The largest absolute Gasteiger partial charge is 0.0651 e. The highest BCUT2D eigenvalue weighted by Crippen LogP contribution is 2.10. The van der Waals surface area contributed by atoms with Crippen LogP contribution in [0.3, 0.4) is 0 Å². The maximum Gasteiger partial charge on any atom is -0.0279 e. The first-order chi connectivity index (χ1) is 9.58. The van der Waals surface area contributed by atoms with Crippen molar-refractivity contribution in [2.75, 3.05) is 0 Å². The van der Waals surface area contributed by atoms with Gasteiger partial charge in [-0.3, -0.25) is 0 Å². The van der Waals surface area contributed by atoms with E-state index in [4.69, 9.17) is 0 Å².